The van der Waals surface area contributed by atoms with E-state index in [1.165, 1.54) is 19.3 Å². The molecular weight excluding hydrogens is 132 g/mol. The number of hydrogen-bond acceptors (Lipinski definition) is 0. The lowest BCUT2D eigenvalue weighted by molar-refractivity contribution is 0.353. The van der Waals surface area contributed by atoms with Crippen LogP contribution in [0, 0.1) is 23.2 Å². The van der Waals surface area contributed by atoms with Crippen molar-refractivity contribution in [3.8, 4) is 0 Å². The van der Waals surface area contributed by atoms with E-state index in [2.05, 4.69) is 20.8 Å². The Morgan fingerprint density at radius 3 is 2.55 bits per heavy atom. The normalized spacial score (nSPS) is 48.0. The minimum Gasteiger partial charge on any atom is -0.0628 e. The summed E-state index contributed by atoms with van der Waals surface area (Å²) in [5.41, 5.74) is 0.855. The fraction of sp³-hybridized carbons (Fsp3) is 1.00. The molecule has 3 atom stereocenters. The van der Waals surface area contributed by atoms with Gasteiger partial charge in [0, 0.05) is 0 Å². The van der Waals surface area contributed by atoms with Gasteiger partial charge in [0.05, 0.1) is 0 Å². The van der Waals surface area contributed by atoms with Crippen LogP contribution in [0.15, 0.2) is 0 Å². The van der Waals surface area contributed by atoms with Crippen molar-refractivity contribution in [1.29, 1.82) is 0 Å². The molecule has 0 bridgehead atoms. The Kier molecular flexibility index (Phi) is 1.56. The third-order valence-corrected chi connectivity index (χ3v) is 3.62. The molecule has 2 rings (SSSR count). The monoisotopic (exact) mass is 152 g/mol. The molecule has 0 aromatic rings. The summed E-state index contributed by atoms with van der Waals surface area (Å²) in [6.45, 7) is 7.16. The van der Waals surface area contributed by atoms with Gasteiger partial charge in [0.25, 0.3) is 0 Å². The van der Waals surface area contributed by atoms with E-state index >= 15 is 0 Å². The molecule has 0 heterocycles. The second kappa shape index (κ2) is 2.24. The molecule has 0 aromatic carbocycles. The highest BCUT2D eigenvalue weighted by Gasteiger charge is 2.58. The number of hydrogen-bond donors (Lipinski definition) is 0. The zero-order valence-electron chi connectivity index (χ0n) is 8.06. The smallest absolute Gasteiger partial charge is 0.0261 e. The molecule has 0 nitrogen and oxygen atoms in total. The first-order valence-corrected chi connectivity index (χ1v) is 5.12. The van der Waals surface area contributed by atoms with Crippen molar-refractivity contribution in [2.75, 3.05) is 0 Å². The van der Waals surface area contributed by atoms with Crippen molar-refractivity contribution < 1.29 is 0 Å². The van der Waals surface area contributed by atoms with Crippen LogP contribution in [0.1, 0.15) is 46.5 Å². The molecule has 11 heavy (non-hydrogen) atoms. The van der Waals surface area contributed by atoms with Crippen LogP contribution < -0.4 is 0 Å². The van der Waals surface area contributed by atoms with Crippen LogP contribution in [0.4, 0.5) is 0 Å². The highest BCUT2D eigenvalue weighted by molar-refractivity contribution is 5.08. The van der Waals surface area contributed by atoms with E-state index in [-0.39, 0.29) is 0 Å². The third kappa shape index (κ3) is 1.21. The van der Waals surface area contributed by atoms with Gasteiger partial charge in [0.15, 0.2) is 0 Å². The average molecular weight is 152 g/mol. The van der Waals surface area contributed by atoms with E-state index in [0.717, 1.165) is 23.2 Å². The van der Waals surface area contributed by atoms with Crippen molar-refractivity contribution in [2.45, 2.75) is 46.5 Å². The maximum atomic E-state index is 2.42. The molecule has 3 unspecified atom stereocenters. The zero-order valence-corrected chi connectivity index (χ0v) is 8.06. The fourth-order valence-electron chi connectivity index (χ4n) is 3.42. The summed E-state index contributed by atoms with van der Waals surface area (Å²) < 4.78 is 0. The second-order valence-electron chi connectivity index (χ2n) is 5.41. The molecule has 2 saturated carbocycles. The molecule has 2 fully saturated rings. The Labute approximate surface area is 70.4 Å². The van der Waals surface area contributed by atoms with Crippen molar-refractivity contribution in [1.82, 2.24) is 0 Å². The molecule has 0 N–H and O–H groups in total. The van der Waals surface area contributed by atoms with Crippen LogP contribution >= 0.6 is 0 Å². The minimum absolute atomic E-state index is 0.855. The van der Waals surface area contributed by atoms with Crippen LogP contribution in [0.3, 0.4) is 0 Å². The predicted octanol–water partition coefficient (Wildman–Crippen LogP) is 3.47. The van der Waals surface area contributed by atoms with E-state index in [4.69, 9.17) is 0 Å². The largest absolute Gasteiger partial charge is 0.0628 e. The molecule has 64 valence electrons. The molecule has 0 saturated heterocycles. The first-order valence-electron chi connectivity index (χ1n) is 5.12. The Hall–Kier alpha value is 0. The Morgan fingerprint density at radius 1 is 1.36 bits per heavy atom. The van der Waals surface area contributed by atoms with Gasteiger partial charge in [0.2, 0.25) is 0 Å². The molecule has 0 amide bonds. The second-order valence-corrected chi connectivity index (χ2v) is 5.41. The summed E-state index contributed by atoms with van der Waals surface area (Å²) in [6.07, 6.45) is 6.14. The molecule has 0 spiro atoms. The van der Waals surface area contributed by atoms with Gasteiger partial charge in [-0.05, 0) is 48.9 Å². The summed E-state index contributed by atoms with van der Waals surface area (Å²) in [5.74, 6) is 3.10. The summed E-state index contributed by atoms with van der Waals surface area (Å²) in [4.78, 5) is 0. The van der Waals surface area contributed by atoms with Crippen LogP contribution in [-0.4, -0.2) is 0 Å². The van der Waals surface area contributed by atoms with Gasteiger partial charge in [-0.15, -0.1) is 0 Å². The van der Waals surface area contributed by atoms with E-state index < -0.39 is 0 Å². The lowest BCUT2D eigenvalue weighted by Gasteiger charge is -2.15. The predicted molar refractivity (Wildman–Crippen MR) is 48.4 cm³/mol. The van der Waals surface area contributed by atoms with Gasteiger partial charge in [-0.1, -0.05) is 20.8 Å². The number of rotatable bonds is 2. The summed E-state index contributed by atoms with van der Waals surface area (Å²) in [6, 6.07) is 0. The van der Waals surface area contributed by atoms with E-state index in [1.807, 2.05) is 0 Å². The van der Waals surface area contributed by atoms with Crippen molar-refractivity contribution in [2.24, 2.45) is 23.2 Å². The van der Waals surface area contributed by atoms with Gasteiger partial charge in [-0.2, -0.15) is 0 Å². The molecule has 2 aliphatic carbocycles. The van der Waals surface area contributed by atoms with Gasteiger partial charge < -0.3 is 0 Å². The van der Waals surface area contributed by atoms with Gasteiger partial charge in [-0.3, -0.25) is 0 Å². The lowest BCUT2D eigenvalue weighted by atomic mass is 9.90. The third-order valence-electron chi connectivity index (χ3n) is 3.62. The van der Waals surface area contributed by atoms with Gasteiger partial charge >= 0.3 is 0 Å². The topological polar surface area (TPSA) is 0 Å². The van der Waals surface area contributed by atoms with Crippen molar-refractivity contribution >= 4 is 0 Å². The molecule has 0 heteroatoms. The maximum Gasteiger partial charge on any atom is -0.0261 e. The molecule has 2 aliphatic rings. The highest BCUT2D eigenvalue weighted by atomic mass is 14.6. The van der Waals surface area contributed by atoms with Crippen LogP contribution in [0.5, 0.6) is 0 Å². The average Bonchev–Trinajstić information content (AvgIpc) is 2.32. The molecule has 0 radical (unpaired) electrons. The fourth-order valence-corrected chi connectivity index (χ4v) is 3.42. The first kappa shape index (κ1) is 7.64. The lowest BCUT2D eigenvalue weighted by Crippen LogP contribution is -2.05. The van der Waals surface area contributed by atoms with Crippen LogP contribution in [-0.2, 0) is 0 Å². The van der Waals surface area contributed by atoms with Crippen molar-refractivity contribution in [3.05, 3.63) is 0 Å². The van der Waals surface area contributed by atoms with E-state index in [0.29, 0.717) is 0 Å². The molecule has 0 aromatic heterocycles. The zero-order chi connectivity index (χ0) is 8.06. The SMILES string of the molecule is CC(C)CC12CC(C)CC1C2. The van der Waals surface area contributed by atoms with Gasteiger partial charge in [0.1, 0.15) is 0 Å². The van der Waals surface area contributed by atoms with Crippen LogP contribution in [0.25, 0.3) is 0 Å². The van der Waals surface area contributed by atoms with Crippen LogP contribution in [0.2, 0.25) is 0 Å². The summed E-state index contributed by atoms with van der Waals surface area (Å²) >= 11 is 0. The quantitative estimate of drug-likeness (QED) is 0.568. The maximum absolute atomic E-state index is 2.42. The Balaban J connectivity index is 1.94. The van der Waals surface area contributed by atoms with E-state index in [9.17, 15) is 0 Å². The Bertz CT molecular complexity index is 159. The molecular formula is C11H20. The number of fused-ring (bicyclic) bond motifs is 1. The van der Waals surface area contributed by atoms with E-state index in [1.54, 1.807) is 6.42 Å². The van der Waals surface area contributed by atoms with Gasteiger partial charge in [-0.25, -0.2) is 0 Å². The highest BCUT2D eigenvalue weighted by Crippen LogP contribution is 2.68. The first-order chi connectivity index (χ1) is 5.12. The molecule has 0 aliphatic heterocycles. The summed E-state index contributed by atoms with van der Waals surface area (Å²) in [5, 5.41) is 0. The van der Waals surface area contributed by atoms with Crippen molar-refractivity contribution in [3.63, 3.8) is 0 Å². The standard InChI is InChI=1S/C11H20/c1-8(2)5-11-6-9(3)4-10(11)7-11/h8-10H,4-7H2,1-3H3. The summed E-state index contributed by atoms with van der Waals surface area (Å²) in [7, 11) is 0. The minimum atomic E-state index is 0.855. The Morgan fingerprint density at radius 2 is 2.09 bits per heavy atom.